The van der Waals surface area contributed by atoms with Gasteiger partial charge in [0.05, 0.1) is 7.11 Å². The number of nitrogens with one attached hydrogen (secondary N) is 2. The number of ether oxygens (including phenoxy) is 1. The number of rotatable bonds is 9. The van der Waals surface area contributed by atoms with Crippen LogP contribution in [0.2, 0.25) is 0 Å². The Labute approximate surface area is 216 Å². The average molecular weight is 506 g/mol. The van der Waals surface area contributed by atoms with E-state index >= 15 is 0 Å². The number of aromatic nitrogens is 2. The van der Waals surface area contributed by atoms with Crippen LogP contribution < -0.4 is 26.2 Å². The standard InChI is InChI=1S/C28H35N5O4/c1-4-21-18-22(8-7-20(21)2)29-25-19-27(35)33(28(36)30-25)13-5-6-26(34)32-16-14-31(15-17-32)23-9-11-24(37-3)12-10-23/h7-12,18-19,29H,4-6,13-17H2,1-3H3,(H,30,36). The summed E-state index contributed by atoms with van der Waals surface area (Å²) in [6.07, 6.45) is 1.61. The van der Waals surface area contributed by atoms with Crippen LogP contribution in [0.5, 0.6) is 5.75 Å². The van der Waals surface area contributed by atoms with Gasteiger partial charge < -0.3 is 19.9 Å². The molecule has 2 N–H and O–H groups in total. The molecular formula is C28H35N5O4. The van der Waals surface area contributed by atoms with Crippen molar-refractivity contribution in [3.63, 3.8) is 0 Å². The second-order valence-electron chi connectivity index (χ2n) is 9.27. The topological polar surface area (TPSA) is 99.7 Å². The fourth-order valence-corrected chi connectivity index (χ4v) is 4.64. The number of benzene rings is 2. The molecule has 3 aromatic rings. The lowest BCUT2D eigenvalue weighted by atomic mass is 10.1. The first-order chi connectivity index (χ1) is 17.9. The lowest BCUT2D eigenvalue weighted by molar-refractivity contribution is -0.131. The fraction of sp³-hybridized carbons (Fsp3) is 0.393. The quantitative estimate of drug-likeness (QED) is 0.463. The van der Waals surface area contributed by atoms with E-state index < -0.39 is 11.2 Å². The first kappa shape index (κ1) is 26.1. The molecule has 2 aromatic carbocycles. The summed E-state index contributed by atoms with van der Waals surface area (Å²) in [6.45, 7) is 7.13. The second kappa shape index (κ2) is 11.8. The Bertz CT molecular complexity index is 1310. The van der Waals surface area contributed by atoms with Crippen molar-refractivity contribution in [3.8, 4) is 5.75 Å². The number of carbonyl (C=O) groups is 1. The number of nitrogens with zero attached hydrogens (tertiary/aromatic N) is 3. The molecule has 1 amide bonds. The number of amides is 1. The Kier molecular flexibility index (Phi) is 8.32. The van der Waals surface area contributed by atoms with Crippen LogP contribution in [-0.4, -0.2) is 53.6 Å². The van der Waals surface area contributed by atoms with Crippen LogP contribution in [-0.2, 0) is 17.8 Å². The minimum atomic E-state index is -0.488. The number of aryl methyl sites for hydroxylation is 2. The Morgan fingerprint density at radius 3 is 2.41 bits per heavy atom. The number of piperazine rings is 1. The lowest BCUT2D eigenvalue weighted by Crippen LogP contribution is -2.48. The minimum absolute atomic E-state index is 0.0447. The van der Waals surface area contributed by atoms with Crippen molar-refractivity contribution in [2.75, 3.05) is 43.5 Å². The van der Waals surface area contributed by atoms with E-state index in [9.17, 15) is 14.4 Å². The molecule has 0 atom stereocenters. The maximum absolute atomic E-state index is 12.7. The van der Waals surface area contributed by atoms with Gasteiger partial charge in [0.25, 0.3) is 5.56 Å². The number of aromatic amines is 1. The average Bonchev–Trinajstić information content (AvgIpc) is 2.91. The van der Waals surface area contributed by atoms with Gasteiger partial charge in [-0.3, -0.25) is 19.1 Å². The molecule has 0 radical (unpaired) electrons. The monoisotopic (exact) mass is 505 g/mol. The number of methoxy groups -OCH3 is 1. The van der Waals surface area contributed by atoms with Crippen molar-refractivity contribution >= 4 is 23.1 Å². The van der Waals surface area contributed by atoms with Crippen molar-refractivity contribution in [1.29, 1.82) is 0 Å². The molecule has 0 bridgehead atoms. The van der Waals surface area contributed by atoms with E-state index in [0.29, 0.717) is 25.3 Å². The van der Waals surface area contributed by atoms with Gasteiger partial charge in [-0.15, -0.1) is 0 Å². The van der Waals surface area contributed by atoms with Crippen molar-refractivity contribution < 1.29 is 9.53 Å². The molecule has 4 rings (SSSR count). The molecule has 2 heterocycles. The van der Waals surface area contributed by atoms with Crippen LogP contribution in [0.25, 0.3) is 0 Å². The van der Waals surface area contributed by atoms with Crippen LogP contribution in [0.1, 0.15) is 30.9 Å². The highest BCUT2D eigenvalue weighted by Crippen LogP contribution is 2.21. The smallest absolute Gasteiger partial charge is 0.329 e. The van der Waals surface area contributed by atoms with Crippen molar-refractivity contribution in [2.45, 2.75) is 39.7 Å². The highest BCUT2D eigenvalue weighted by Gasteiger charge is 2.21. The Morgan fingerprint density at radius 1 is 1.03 bits per heavy atom. The maximum Gasteiger partial charge on any atom is 0.329 e. The summed E-state index contributed by atoms with van der Waals surface area (Å²) < 4.78 is 6.36. The van der Waals surface area contributed by atoms with Gasteiger partial charge in [0, 0.05) is 56.6 Å². The molecule has 37 heavy (non-hydrogen) atoms. The molecule has 1 saturated heterocycles. The predicted octanol–water partition coefficient (Wildman–Crippen LogP) is 3.29. The highest BCUT2D eigenvalue weighted by molar-refractivity contribution is 5.76. The highest BCUT2D eigenvalue weighted by atomic mass is 16.5. The molecule has 196 valence electrons. The number of hydrogen-bond acceptors (Lipinski definition) is 6. The molecule has 0 unspecified atom stereocenters. The molecular weight excluding hydrogens is 470 g/mol. The number of anilines is 3. The number of hydrogen-bond donors (Lipinski definition) is 2. The minimum Gasteiger partial charge on any atom is -0.497 e. The van der Waals surface area contributed by atoms with Gasteiger partial charge in [0.1, 0.15) is 11.6 Å². The molecule has 0 saturated carbocycles. The van der Waals surface area contributed by atoms with Crippen LogP contribution in [0.15, 0.2) is 58.1 Å². The van der Waals surface area contributed by atoms with Gasteiger partial charge in [-0.05, 0) is 67.3 Å². The van der Waals surface area contributed by atoms with E-state index in [2.05, 4.69) is 29.0 Å². The molecule has 1 aliphatic rings. The van der Waals surface area contributed by atoms with Gasteiger partial charge in [-0.2, -0.15) is 0 Å². The molecule has 1 aromatic heterocycles. The summed E-state index contributed by atoms with van der Waals surface area (Å²) in [5, 5.41) is 3.11. The predicted molar refractivity (Wildman–Crippen MR) is 146 cm³/mol. The Morgan fingerprint density at radius 2 is 1.76 bits per heavy atom. The van der Waals surface area contributed by atoms with E-state index in [1.807, 2.05) is 47.4 Å². The number of H-pyrrole nitrogens is 1. The van der Waals surface area contributed by atoms with E-state index in [0.717, 1.165) is 41.2 Å². The fourth-order valence-electron chi connectivity index (χ4n) is 4.64. The van der Waals surface area contributed by atoms with Gasteiger partial charge in [0.15, 0.2) is 0 Å². The summed E-state index contributed by atoms with van der Waals surface area (Å²) in [6, 6.07) is 15.2. The van der Waals surface area contributed by atoms with E-state index in [-0.39, 0.29) is 18.9 Å². The van der Waals surface area contributed by atoms with Gasteiger partial charge >= 0.3 is 5.69 Å². The van der Waals surface area contributed by atoms with E-state index in [1.54, 1.807) is 7.11 Å². The maximum atomic E-state index is 12.7. The second-order valence-corrected chi connectivity index (χ2v) is 9.27. The SMILES string of the molecule is CCc1cc(Nc2cc(=O)n(CCCC(=O)N3CCN(c4ccc(OC)cc4)CC3)c(=O)[nH]2)ccc1C. The molecule has 9 heteroatoms. The third-order valence-electron chi connectivity index (χ3n) is 6.87. The van der Waals surface area contributed by atoms with Gasteiger partial charge in [0.2, 0.25) is 5.91 Å². The Balaban J connectivity index is 1.28. The van der Waals surface area contributed by atoms with Crippen LogP contribution in [0.3, 0.4) is 0 Å². The van der Waals surface area contributed by atoms with Gasteiger partial charge in [-0.1, -0.05) is 13.0 Å². The van der Waals surface area contributed by atoms with Gasteiger partial charge in [-0.25, -0.2) is 4.79 Å². The summed E-state index contributed by atoms with van der Waals surface area (Å²) in [7, 11) is 1.65. The summed E-state index contributed by atoms with van der Waals surface area (Å²) in [5.74, 6) is 1.21. The molecule has 9 nitrogen and oxygen atoms in total. The van der Waals surface area contributed by atoms with Crippen molar-refractivity contribution in [2.24, 2.45) is 0 Å². The third-order valence-corrected chi connectivity index (χ3v) is 6.87. The zero-order valence-corrected chi connectivity index (χ0v) is 21.8. The largest absolute Gasteiger partial charge is 0.497 e. The molecule has 0 aliphatic carbocycles. The van der Waals surface area contributed by atoms with Crippen LogP contribution in [0.4, 0.5) is 17.2 Å². The molecule has 1 aliphatic heterocycles. The van der Waals surface area contributed by atoms with Crippen molar-refractivity contribution in [3.05, 3.63) is 80.5 Å². The Hall–Kier alpha value is -4.01. The first-order valence-corrected chi connectivity index (χ1v) is 12.8. The molecule has 0 spiro atoms. The van der Waals surface area contributed by atoms with Crippen LogP contribution >= 0.6 is 0 Å². The van der Waals surface area contributed by atoms with E-state index in [1.165, 1.54) is 17.2 Å². The van der Waals surface area contributed by atoms with E-state index in [4.69, 9.17) is 4.74 Å². The zero-order valence-electron chi connectivity index (χ0n) is 21.8. The third kappa shape index (κ3) is 6.41. The summed E-state index contributed by atoms with van der Waals surface area (Å²) in [5.41, 5.74) is 3.44. The molecule has 1 fully saturated rings. The lowest BCUT2D eigenvalue weighted by Gasteiger charge is -2.36. The summed E-state index contributed by atoms with van der Waals surface area (Å²) >= 11 is 0. The number of carbonyl (C=O) groups excluding carboxylic acids is 1. The van der Waals surface area contributed by atoms with Crippen LogP contribution in [0, 0.1) is 6.92 Å². The summed E-state index contributed by atoms with van der Waals surface area (Å²) in [4.78, 5) is 44.7. The van der Waals surface area contributed by atoms with Crippen molar-refractivity contribution in [1.82, 2.24) is 14.5 Å². The first-order valence-electron chi connectivity index (χ1n) is 12.8. The zero-order chi connectivity index (χ0) is 26.4. The normalized spacial score (nSPS) is 13.5.